The Balaban J connectivity index is 0.00000225. The monoisotopic (exact) mass is 474 g/mol. The molecule has 0 bridgehead atoms. The van der Waals surface area contributed by atoms with E-state index in [-0.39, 0.29) is 55.9 Å². The Morgan fingerprint density at radius 2 is 1.70 bits per heavy atom. The molecule has 0 radical (unpaired) electrons. The molecule has 2 aliphatic heterocycles. The maximum absolute atomic E-state index is 14.0. The second kappa shape index (κ2) is 11.8. The van der Waals surface area contributed by atoms with Crippen LogP contribution in [0.3, 0.4) is 0 Å². The number of nitrogens with zero attached hydrogens (tertiary/aromatic N) is 1. The zero-order chi connectivity index (χ0) is 20.3. The van der Waals surface area contributed by atoms with Crippen molar-refractivity contribution in [1.82, 2.24) is 10.2 Å². The summed E-state index contributed by atoms with van der Waals surface area (Å²) in [6.45, 7) is 4.96. The fourth-order valence-electron chi connectivity index (χ4n) is 5.13. The van der Waals surface area contributed by atoms with Gasteiger partial charge in [-0.05, 0) is 63.8 Å². The maximum Gasteiger partial charge on any atom is 0.323 e. The van der Waals surface area contributed by atoms with E-state index in [0.29, 0.717) is 25.0 Å². The number of alkyl halides is 2. The Kier molecular flexibility index (Phi) is 10.7. The van der Waals surface area contributed by atoms with Crippen LogP contribution in [0.4, 0.5) is 8.78 Å². The lowest BCUT2D eigenvalue weighted by molar-refractivity contribution is -0.149. The first-order valence-corrected chi connectivity index (χ1v) is 10.5. The Bertz CT molecular complexity index is 585. The first-order chi connectivity index (χ1) is 13.3. The number of nitrogens with one attached hydrogen (secondary N) is 1. The van der Waals surface area contributed by atoms with Crippen LogP contribution in [0, 0.1) is 17.8 Å². The molecule has 10 heteroatoms. The second-order valence-electron chi connectivity index (χ2n) is 8.41. The lowest BCUT2D eigenvalue weighted by Crippen LogP contribution is -2.51. The molecule has 6 nitrogen and oxygen atoms in total. The van der Waals surface area contributed by atoms with E-state index in [1.807, 2.05) is 0 Å². The molecular formula is C20H34Cl2F2N2O4. The molecule has 1 saturated carbocycles. The van der Waals surface area contributed by atoms with Crippen molar-refractivity contribution in [2.24, 2.45) is 17.8 Å². The van der Waals surface area contributed by atoms with Gasteiger partial charge in [-0.3, -0.25) is 14.5 Å². The van der Waals surface area contributed by atoms with Gasteiger partial charge < -0.3 is 14.8 Å². The normalized spacial score (nSPS) is 32.9. The average molecular weight is 475 g/mol. The number of piperidine rings is 1. The number of ether oxygens (including phenoxy) is 2. The van der Waals surface area contributed by atoms with E-state index >= 15 is 0 Å². The summed E-state index contributed by atoms with van der Waals surface area (Å²) < 4.78 is 38.1. The number of rotatable bonds is 6. The minimum atomic E-state index is -2.85. The molecule has 0 aromatic heterocycles. The SMILES string of the molecule is CCOC(=O)C1C[C@H]2C[C@@H](CN3CC(F)(F)C[C@H]3C(=O)OCC)CC[C@H]2CN1.Cl.Cl. The van der Waals surface area contributed by atoms with Crippen LogP contribution in [0.5, 0.6) is 0 Å². The van der Waals surface area contributed by atoms with Gasteiger partial charge >= 0.3 is 11.9 Å². The molecule has 5 atom stereocenters. The smallest absolute Gasteiger partial charge is 0.323 e. The molecule has 176 valence electrons. The van der Waals surface area contributed by atoms with Crippen molar-refractivity contribution in [3.05, 3.63) is 0 Å². The van der Waals surface area contributed by atoms with Crippen LogP contribution in [-0.4, -0.2) is 67.7 Å². The Hall–Kier alpha value is -0.700. The number of fused-ring (bicyclic) bond motifs is 1. The lowest BCUT2D eigenvalue weighted by atomic mass is 9.69. The summed E-state index contributed by atoms with van der Waals surface area (Å²) in [5.74, 6) is -2.44. The van der Waals surface area contributed by atoms with Crippen LogP contribution in [0.15, 0.2) is 0 Å². The van der Waals surface area contributed by atoms with Gasteiger partial charge in [0.2, 0.25) is 0 Å². The molecule has 30 heavy (non-hydrogen) atoms. The van der Waals surface area contributed by atoms with Gasteiger partial charge in [0.05, 0.1) is 19.8 Å². The molecule has 3 rings (SSSR count). The molecule has 0 amide bonds. The zero-order valence-corrected chi connectivity index (χ0v) is 19.2. The first-order valence-electron chi connectivity index (χ1n) is 10.5. The fourth-order valence-corrected chi connectivity index (χ4v) is 5.13. The zero-order valence-electron chi connectivity index (χ0n) is 17.6. The third-order valence-electron chi connectivity index (χ3n) is 6.40. The van der Waals surface area contributed by atoms with Gasteiger partial charge in [0.25, 0.3) is 5.92 Å². The number of hydrogen-bond donors (Lipinski definition) is 1. The summed E-state index contributed by atoms with van der Waals surface area (Å²) in [7, 11) is 0. The highest BCUT2D eigenvalue weighted by molar-refractivity contribution is 5.85. The highest BCUT2D eigenvalue weighted by Gasteiger charge is 2.49. The third-order valence-corrected chi connectivity index (χ3v) is 6.40. The van der Waals surface area contributed by atoms with E-state index in [2.05, 4.69) is 5.32 Å². The van der Waals surface area contributed by atoms with Gasteiger partial charge in [-0.15, -0.1) is 24.8 Å². The molecule has 1 unspecified atom stereocenters. The van der Waals surface area contributed by atoms with E-state index in [4.69, 9.17) is 9.47 Å². The second-order valence-corrected chi connectivity index (χ2v) is 8.41. The summed E-state index contributed by atoms with van der Waals surface area (Å²) in [4.78, 5) is 25.8. The summed E-state index contributed by atoms with van der Waals surface area (Å²) in [6.07, 6.45) is 3.16. The molecule has 2 heterocycles. The van der Waals surface area contributed by atoms with Crippen molar-refractivity contribution in [1.29, 1.82) is 0 Å². The van der Waals surface area contributed by atoms with E-state index in [1.54, 1.807) is 18.7 Å². The molecule has 0 aromatic carbocycles. The van der Waals surface area contributed by atoms with Gasteiger partial charge in [-0.1, -0.05) is 0 Å². The van der Waals surface area contributed by atoms with Gasteiger partial charge in [-0.25, -0.2) is 8.78 Å². The van der Waals surface area contributed by atoms with Crippen LogP contribution < -0.4 is 5.32 Å². The molecule has 2 saturated heterocycles. The van der Waals surface area contributed by atoms with Crippen molar-refractivity contribution in [2.75, 3.05) is 32.8 Å². The van der Waals surface area contributed by atoms with Crippen LogP contribution >= 0.6 is 24.8 Å². The molecule has 3 fully saturated rings. The molecular weight excluding hydrogens is 441 g/mol. The largest absolute Gasteiger partial charge is 0.465 e. The number of hydrogen-bond acceptors (Lipinski definition) is 6. The minimum absolute atomic E-state index is 0. The molecule has 1 N–H and O–H groups in total. The Morgan fingerprint density at radius 3 is 2.37 bits per heavy atom. The van der Waals surface area contributed by atoms with Crippen molar-refractivity contribution in [2.45, 2.75) is 64.0 Å². The van der Waals surface area contributed by atoms with E-state index in [0.717, 1.165) is 32.2 Å². The van der Waals surface area contributed by atoms with Gasteiger partial charge in [0.1, 0.15) is 12.1 Å². The molecule has 1 aliphatic carbocycles. The molecule has 0 aromatic rings. The predicted molar refractivity (Wildman–Crippen MR) is 113 cm³/mol. The quantitative estimate of drug-likeness (QED) is 0.596. The lowest BCUT2D eigenvalue weighted by Gasteiger charge is -2.43. The summed E-state index contributed by atoms with van der Waals surface area (Å²) in [5, 5.41) is 3.29. The number of carbonyl (C=O) groups is 2. The Morgan fingerprint density at radius 1 is 1.03 bits per heavy atom. The first kappa shape index (κ1) is 27.3. The third kappa shape index (κ3) is 6.65. The van der Waals surface area contributed by atoms with Crippen molar-refractivity contribution >= 4 is 36.8 Å². The highest BCUT2D eigenvalue weighted by Crippen LogP contribution is 2.41. The topological polar surface area (TPSA) is 67.9 Å². The Labute approximate surface area is 189 Å². The average Bonchev–Trinajstić information content (AvgIpc) is 2.96. The standard InChI is InChI=1S/C20H32F2N2O4.2ClH/c1-3-27-18(25)16-8-15-7-13(5-6-14(15)10-23-16)11-24-12-20(21,22)9-17(24)19(26)28-4-2;;/h13-17,23H,3-12H2,1-2H3;2*1H/t13-,14-,15+,16?,17-;;/m0../s1. The van der Waals surface area contributed by atoms with Crippen molar-refractivity contribution in [3.63, 3.8) is 0 Å². The maximum atomic E-state index is 14.0. The molecule has 3 aliphatic rings. The number of carbonyl (C=O) groups excluding carboxylic acids is 2. The molecule has 0 spiro atoms. The number of halogens is 4. The van der Waals surface area contributed by atoms with Crippen LogP contribution in [-0.2, 0) is 19.1 Å². The van der Waals surface area contributed by atoms with Crippen LogP contribution in [0.2, 0.25) is 0 Å². The predicted octanol–water partition coefficient (Wildman–Crippen LogP) is 3.06. The summed E-state index contributed by atoms with van der Waals surface area (Å²) in [5.41, 5.74) is 0. The van der Waals surface area contributed by atoms with E-state index < -0.39 is 24.4 Å². The van der Waals surface area contributed by atoms with Crippen molar-refractivity contribution < 1.29 is 27.8 Å². The van der Waals surface area contributed by atoms with Gasteiger partial charge in [-0.2, -0.15) is 0 Å². The van der Waals surface area contributed by atoms with Crippen molar-refractivity contribution in [3.8, 4) is 0 Å². The minimum Gasteiger partial charge on any atom is -0.465 e. The fraction of sp³-hybridized carbons (Fsp3) is 0.900. The van der Waals surface area contributed by atoms with Crippen LogP contribution in [0.1, 0.15) is 46.0 Å². The summed E-state index contributed by atoms with van der Waals surface area (Å²) in [6, 6.07) is -1.13. The van der Waals surface area contributed by atoms with Gasteiger partial charge in [0, 0.05) is 13.0 Å². The number of likely N-dealkylation sites (tertiary alicyclic amines) is 1. The van der Waals surface area contributed by atoms with E-state index in [1.165, 1.54) is 0 Å². The number of esters is 2. The summed E-state index contributed by atoms with van der Waals surface area (Å²) >= 11 is 0. The van der Waals surface area contributed by atoms with E-state index in [9.17, 15) is 18.4 Å². The van der Waals surface area contributed by atoms with Crippen LogP contribution in [0.25, 0.3) is 0 Å². The van der Waals surface area contributed by atoms with Gasteiger partial charge in [0.15, 0.2) is 0 Å². The highest BCUT2D eigenvalue weighted by atomic mass is 35.5.